The molecule has 104 valence electrons. The number of hydrogen-bond donors (Lipinski definition) is 1. The first kappa shape index (κ1) is 14.5. The van der Waals surface area contributed by atoms with E-state index >= 15 is 0 Å². The Morgan fingerprint density at radius 3 is 2.74 bits per heavy atom. The summed E-state index contributed by atoms with van der Waals surface area (Å²) in [4.78, 5) is 10.5. The van der Waals surface area contributed by atoms with E-state index in [0.717, 1.165) is 23.1 Å². The Kier molecular flexibility index (Phi) is 4.93. The topological polar surface area (TPSA) is 37.8 Å². The van der Waals surface area contributed by atoms with Crippen LogP contribution in [0, 0.1) is 6.92 Å². The summed E-state index contributed by atoms with van der Waals surface area (Å²) >= 11 is 3.45. The average Bonchev–Trinajstić information content (AvgIpc) is 2.96. The van der Waals surface area contributed by atoms with Crippen molar-refractivity contribution in [3.05, 3.63) is 16.1 Å². The maximum Gasteiger partial charge on any atom is 0.183 e. The Morgan fingerprint density at radius 2 is 2.11 bits per heavy atom. The van der Waals surface area contributed by atoms with Gasteiger partial charge < -0.3 is 5.32 Å². The molecule has 0 atom stereocenters. The lowest BCUT2D eigenvalue weighted by Crippen LogP contribution is -1.99. The van der Waals surface area contributed by atoms with Gasteiger partial charge in [-0.15, -0.1) is 22.7 Å². The number of hydrogen-bond acceptors (Lipinski definition) is 5. The molecular formula is C14H21N3S2. The van der Waals surface area contributed by atoms with E-state index in [1.54, 1.807) is 22.7 Å². The summed E-state index contributed by atoms with van der Waals surface area (Å²) in [6.07, 6.45) is 2.39. The molecule has 0 radical (unpaired) electrons. The van der Waals surface area contributed by atoms with E-state index in [0.29, 0.717) is 5.92 Å². The fourth-order valence-corrected chi connectivity index (χ4v) is 3.57. The second-order valence-corrected chi connectivity index (χ2v) is 6.83. The molecule has 0 aliphatic rings. The SMILES string of the molecule is CCCCNc1nc(-c2sc(C(C)C)nc2C)cs1. The van der Waals surface area contributed by atoms with Crippen molar-refractivity contribution >= 4 is 27.8 Å². The minimum atomic E-state index is 0.484. The molecule has 0 saturated heterocycles. The molecule has 0 unspecified atom stereocenters. The fourth-order valence-electron chi connectivity index (χ4n) is 1.73. The number of nitrogens with zero attached hydrogens (tertiary/aromatic N) is 2. The highest BCUT2D eigenvalue weighted by Crippen LogP contribution is 2.34. The Hall–Kier alpha value is -0.940. The van der Waals surface area contributed by atoms with Gasteiger partial charge in [0.05, 0.1) is 21.3 Å². The van der Waals surface area contributed by atoms with Gasteiger partial charge in [0.2, 0.25) is 0 Å². The first-order valence-corrected chi connectivity index (χ1v) is 8.48. The number of aromatic nitrogens is 2. The molecule has 5 heteroatoms. The largest absolute Gasteiger partial charge is 0.362 e. The Bertz CT molecular complexity index is 529. The van der Waals surface area contributed by atoms with Crippen LogP contribution in [0.5, 0.6) is 0 Å². The minimum absolute atomic E-state index is 0.484. The van der Waals surface area contributed by atoms with E-state index in [4.69, 9.17) is 0 Å². The van der Waals surface area contributed by atoms with Gasteiger partial charge in [0.1, 0.15) is 0 Å². The summed E-state index contributed by atoms with van der Waals surface area (Å²) < 4.78 is 0. The van der Waals surface area contributed by atoms with Crippen LogP contribution in [0.3, 0.4) is 0 Å². The van der Waals surface area contributed by atoms with Crippen LogP contribution in [0.25, 0.3) is 10.6 Å². The molecule has 0 aliphatic heterocycles. The highest BCUT2D eigenvalue weighted by atomic mass is 32.1. The van der Waals surface area contributed by atoms with E-state index in [1.165, 1.54) is 22.7 Å². The van der Waals surface area contributed by atoms with Gasteiger partial charge in [-0.25, -0.2) is 9.97 Å². The lowest BCUT2D eigenvalue weighted by molar-refractivity contribution is 0.833. The lowest BCUT2D eigenvalue weighted by atomic mass is 10.2. The molecule has 0 amide bonds. The Labute approximate surface area is 123 Å². The molecule has 1 N–H and O–H groups in total. The van der Waals surface area contributed by atoms with Crippen molar-refractivity contribution in [2.45, 2.75) is 46.5 Å². The number of rotatable bonds is 6. The number of unbranched alkanes of at least 4 members (excludes halogenated alkanes) is 1. The van der Waals surface area contributed by atoms with Crippen molar-refractivity contribution in [2.75, 3.05) is 11.9 Å². The van der Waals surface area contributed by atoms with Gasteiger partial charge in [0.25, 0.3) is 0 Å². The van der Waals surface area contributed by atoms with Crippen LogP contribution in [-0.4, -0.2) is 16.5 Å². The van der Waals surface area contributed by atoms with Crippen LogP contribution < -0.4 is 5.32 Å². The molecule has 2 aromatic heterocycles. The summed E-state index contributed by atoms with van der Waals surface area (Å²) in [6.45, 7) is 9.63. The summed E-state index contributed by atoms with van der Waals surface area (Å²) in [5, 5.41) is 7.71. The third-order valence-corrected chi connectivity index (χ3v) is 5.13. The van der Waals surface area contributed by atoms with Gasteiger partial charge in [-0.1, -0.05) is 27.2 Å². The molecule has 0 spiro atoms. The van der Waals surface area contributed by atoms with Gasteiger partial charge in [0, 0.05) is 17.8 Å². The number of thiazole rings is 2. The van der Waals surface area contributed by atoms with Gasteiger partial charge >= 0.3 is 0 Å². The van der Waals surface area contributed by atoms with E-state index < -0.39 is 0 Å². The first-order chi connectivity index (χ1) is 9.11. The molecule has 0 fully saturated rings. The Balaban J connectivity index is 2.13. The third kappa shape index (κ3) is 3.54. The van der Waals surface area contributed by atoms with Gasteiger partial charge in [-0.2, -0.15) is 0 Å². The van der Waals surface area contributed by atoms with Crippen molar-refractivity contribution in [3.63, 3.8) is 0 Å². The molecular weight excluding hydrogens is 274 g/mol. The Morgan fingerprint density at radius 1 is 1.32 bits per heavy atom. The van der Waals surface area contributed by atoms with Crippen LogP contribution in [-0.2, 0) is 0 Å². The molecule has 2 rings (SSSR count). The summed E-state index contributed by atoms with van der Waals surface area (Å²) in [5.74, 6) is 0.484. The quantitative estimate of drug-likeness (QED) is 0.769. The highest BCUT2D eigenvalue weighted by molar-refractivity contribution is 7.16. The smallest absolute Gasteiger partial charge is 0.183 e. The maximum atomic E-state index is 4.66. The van der Waals surface area contributed by atoms with Crippen molar-refractivity contribution in [1.29, 1.82) is 0 Å². The zero-order valence-electron chi connectivity index (χ0n) is 12.0. The van der Waals surface area contributed by atoms with Crippen LogP contribution >= 0.6 is 22.7 Å². The average molecular weight is 295 g/mol. The van der Waals surface area contributed by atoms with Crippen LogP contribution in [0.2, 0.25) is 0 Å². The molecule has 3 nitrogen and oxygen atoms in total. The molecule has 19 heavy (non-hydrogen) atoms. The van der Waals surface area contributed by atoms with Crippen molar-refractivity contribution in [3.8, 4) is 10.6 Å². The summed E-state index contributed by atoms with van der Waals surface area (Å²) in [6, 6.07) is 0. The van der Waals surface area contributed by atoms with Crippen molar-refractivity contribution < 1.29 is 0 Å². The molecule has 2 aromatic rings. The highest BCUT2D eigenvalue weighted by Gasteiger charge is 2.14. The van der Waals surface area contributed by atoms with Crippen LogP contribution in [0.15, 0.2) is 5.38 Å². The number of nitrogens with one attached hydrogen (secondary N) is 1. The van der Waals surface area contributed by atoms with Crippen LogP contribution in [0.4, 0.5) is 5.13 Å². The van der Waals surface area contributed by atoms with E-state index in [2.05, 4.69) is 48.4 Å². The first-order valence-electron chi connectivity index (χ1n) is 6.79. The summed E-state index contributed by atoms with van der Waals surface area (Å²) in [5.41, 5.74) is 2.16. The lowest BCUT2D eigenvalue weighted by Gasteiger charge is -1.99. The normalized spacial score (nSPS) is 11.2. The van der Waals surface area contributed by atoms with Crippen molar-refractivity contribution in [1.82, 2.24) is 9.97 Å². The molecule has 2 heterocycles. The zero-order chi connectivity index (χ0) is 13.8. The van der Waals surface area contributed by atoms with Gasteiger partial charge in [-0.3, -0.25) is 0 Å². The molecule has 0 saturated carbocycles. The second kappa shape index (κ2) is 6.48. The fraction of sp³-hybridized carbons (Fsp3) is 0.571. The second-order valence-electron chi connectivity index (χ2n) is 4.94. The van der Waals surface area contributed by atoms with Crippen LogP contribution in [0.1, 0.15) is 50.2 Å². The zero-order valence-corrected chi connectivity index (χ0v) is 13.6. The van der Waals surface area contributed by atoms with Gasteiger partial charge in [-0.05, 0) is 13.3 Å². The molecule has 0 bridgehead atoms. The van der Waals surface area contributed by atoms with E-state index in [-0.39, 0.29) is 0 Å². The number of aryl methyl sites for hydroxylation is 1. The van der Waals surface area contributed by atoms with E-state index in [9.17, 15) is 0 Å². The third-order valence-electron chi connectivity index (χ3n) is 2.85. The van der Waals surface area contributed by atoms with E-state index in [1.807, 2.05) is 0 Å². The van der Waals surface area contributed by atoms with Gasteiger partial charge in [0.15, 0.2) is 5.13 Å². The monoisotopic (exact) mass is 295 g/mol. The minimum Gasteiger partial charge on any atom is -0.362 e. The molecule has 0 aromatic carbocycles. The standard InChI is InChI=1S/C14H21N3S2/c1-5-6-7-15-14-17-11(8-18-14)12-10(4)16-13(19-12)9(2)3/h8-9H,5-7H2,1-4H3,(H,15,17). The molecule has 0 aliphatic carbocycles. The summed E-state index contributed by atoms with van der Waals surface area (Å²) in [7, 11) is 0. The van der Waals surface area contributed by atoms with Crippen molar-refractivity contribution in [2.24, 2.45) is 0 Å². The predicted molar refractivity (Wildman–Crippen MR) is 85.4 cm³/mol. The maximum absolute atomic E-state index is 4.66. The predicted octanol–water partition coefficient (Wildman–Crippen LogP) is 4.91. The number of anilines is 1.